The molecule has 48 heavy (non-hydrogen) atoms. The molecule has 2 heterocycles. The van der Waals surface area contributed by atoms with Crippen LogP contribution in [0.5, 0.6) is 0 Å². The van der Waals surface area contributed by atoms with E-state index in [1.165, 1.54) is 6.92 Å². The van der Waals surface area contributed by atoms with Gasteiger partial charge in [-0.15, -0.1) is 6.42 Å². The summed E-state index contributed by atoms with van der Waals surface area (Å²) < 4.78 is 52.3. The van der Waals surface area contributed by atoms with Gasteiger partial charge < -0.3 is 52.7 Å². The lowest BCUT2D eigenvalue weighted by Gasteiger charge is -2.49. The number of aliphatic hydroxyl groups is 1. The van der Waals surface area contributed by atoms with Gasteiger partial charge in [-0.25, -0.2) is 0 Å². The summed E-state index contributed by atoms with van der Waals surface area (Å²) in [5.74, 6) is -1.37. The minimum atomic E-state index is -2.42. The van der Waals surface area contributed by atoms with E-state index in [0.29, 0.717) is 0 Å². The molecule has 0 aromatic carbocycles. The van der Waals surface area contributed by atoms with Crippen LogP contribution in [0.3, 0.4) is 0 Å². The van der Waals surface area contributed by atoms with Crippen LogP contribution in [0, 0.1) is 12.3 Å². The summed E-state index contributed by atoms with van der Waals surface area (Å²) in [6, 6.07) is -1.21. The Morgan fingerprint density at radius 3 is 1.81 bits per heavy atom. The Bertz CT molecular complexity index is 1200. The maximum Gasteiger partial charge on any atom is 0.303 e. The van der Waals surface area contributed by atoms with Crippen LogP contribution in [0.2, 0.25) is 18.1 Å². The van der Waals surface area contributed by atoms with Crippen LogP contribution >= 0.6 is 0 Å². The molecule has 2 aliphatic rings. The largest absolute Gasteiger partial charge is 0.463 e. The van der Waals surface area contributed by atoms with E-state index in [1.54, 1.807) is 0 Å². The number of nitrogens with one attached hydrogen (secondary N) is 1. The Morgan fingerprint density at radius 2 is 1.31 bits per heavy atom. The number of hydrogen-bond acceptors (Lipinski definition) is 15. The van der Waals surface area contributed by atoms with Gasteiger partial charge in [0.2, 0.25) is 5.91 Å². The molecule has 17 heteroatoms. The van der Waals surface area contributed by atoms with Crippen LogP contribution in [0.25, 0.3) is 0 Å². The van der Waals surface area contributed by atoms with Crippen LogP contribution in [-0.4, -0.2) is 124 Å². The second-order valence-corrected chi connectivity index (χ2v) is 17.8. The molecule has 0 bridgehead atoms. The average molecular weight is 704 g/mol. The fourth-order valence-electron chi connectivity index (χ4n) is 4.84. The number of carbonyl (C=O) groups excluding carboxylic acids is 5. The van der Waals surface area contributed by atoms with Gasteiger partial charge in [-0.1, -0.05) is 26.7 Å². The number of rotatable bonds is 13. The molecule has 0 unspecified atom stereocenters. The van der Waals surface area contributed by atoms with Crippen LogP contribution in [0.4, 0.5) is 0 Å². The molecule has 1 amide bonds. The summed E-state index contributed by atoms with van der Waals surface area (Å²) in [6.07, 6.45) is -7.34. The first-order valence-corrected chi connectivity index (χ1v) is 18.3. The maximum atomic E-state index is 12.3. The zero-order valence-electron chi connectivity index (χ0n) is 29.1. The Morgan fingerprint density at radius 1 is 0.792 bits per heavy atom. The van der Waals surface area contributed by atoms with E-state index in [4.69, 9.17) is 48.7 Å². The van der Waals surface area contributed by atoms with Crippen molar-refractivity contribution in [2.24, 2.45) is 0 Å². The van der Waals surface area contributed by atoms with Crippen molar-refractivity contribution in [1.29, 1.82) is 0 Å². The van der Waals surface area contributed by atoms with Crippen LogP contribution < -0.4 is 5.32 Å². The van der Waals surface area contributed by atoms with Gasteiger partial charge in [0.25, 0.3) is 0 Å². The molecule has 272 valence electrons. The van der Waals surface area contributed by atoms with Crippen molar-refractivity contribution in [1.82, 2.24) is 5.32 Å². The zero-order chi connectivity index (χ0) is 36.6. The van der Waals surface area contributed by atoms with Gasteiger partial charge in [-0.3, -0.25) is 24.0 Å². The van der Waals surface area contributed by atoms with E-state index >= 15 is 0 Å². The van der Waals surface area contributed by atoms with Crippen molar-refractivity contribution in [3.63, 3.8) is 0 Å². The average Bonchev–Trinajstić information content (AvgIpc) is 2.94. The third-order valence-electron chi connectivity index (χ3n) is 8.03. The molecule has 16 nitrogen and oxygen atoms in total. The molecule has 0 aliphatic carbocycles. The van der Waals surface area contributed by atoms with Crippen molar-refractivity contribution in [2.45, 2.75) is 135 Å². The summed E-state index contributed by atoms with van der Waals surface area (Å²) in [6.45, 7) is 14.9. The number of esters is 4. The van der Waals surface area contributed by atoms with E-state index < -0.39 is 106 Å². The Labute approximate surface area is 281 Å². The third kappa shape index (κ3) is 11.5. The Balaban J connectivity index is 2.65. The van der Waals surface area contributed by atoms with Gasteiger partial charge in [0.1, 0.15) is 43.7 Å². The van der Waals surface area contributed by atoms with Crippen molar-refractivity contribution in [2.75, 3.05) is 19.8 Å². The lowest BCUT2D eigenvalue weighted by Crippen LogP contribution is -2.68. The lowest BCUT2D eigenvalue weighted by molar-refractivity contribution is -0.349. The maximum absolute atomic E-state index is 12.3. The standard InChI is InChI=1S/C31H49NO15Si/c1-12-13-39-29-23(32-16(2)33)24(38)25(22(45-29)15-41-48(10,11)31(7,8)9)47-30-28(44-20(6)37)27(43-19(5)36)26(42-18(4)35)21(46-30)14-40-17(3)34/h1,21-30,38H,13-15H2,2-11H3,(H,32,33)/t21-,22-,23-,24-,25-,26+,27+,28-,29-,30+/m1/s1. The number of ether oxygens (including phenoxy) is 8. The Hall–Kier alpha value is -3.11. The van der Waals surface area contributed by atoms with Crippen LogP contribution in [0.15, 0.2) is 0 Å². The minimum Gasteiger partial charge on any atom is -0.463 e. The molecule has 0 radical (unpaired) electrons. The highest BCUT2D eigenvalue weighted by molar-refractivity contribution is 6.74. The summed E-state index contributed by atoms with van der Waals surface area (Å²) in [5, 5.41) is 14.1. The molecule has 10 atom stereocenters. The quantitative estimate of drug-likeness (QED) is 0.118. The van der Waals surface area contributed by atoms with Gasteiger partial charge in [-0.2, -0.15) is 0 Å². The molecule has 0 spiro atoms. The Kier molecular flexibility index (Phi) is 15.0. The van der Waals surface area contributed by atoms with Crippen molar-refractivity contribution in [3.8, 4) is 12.3 Å². The van der Waals surface area contributed by atoms with Crippen LogP contribution in [0.1, 0.15) is 55.4 Å². The summed E-state index contributed by atoms with van der Waals surface area (Å²) >= 11 is 0. The number of aliphatic hydroxyl groups excluding tert-OH is 1. The fraction of sp³-hybridized carbons (Fsp3) is 0.774. The second kappa shape index (κ2) is 17.5. The summed E-state index contributed by atoms with van der Waals surface area (Å²) in [7, 11) is -2.42. The van der Waals surface area contributed by atoms with Crippen LogP contribution in [-0.2, 0) is 66.3 Å². The monoisotopic (exact) mass is 703 g/mol. The molecule has 0 saturated carbocycles. The van der Waals surface area contributed by atoms with Gasteiger partial charge >= 0.3 is 23.9 Å². The normalized spacial score (nSPS) is 30.7. The van der Waals surface area contributed by atoms with Crippen molar-refractivity contribution >= 4 is 38.1 Å². The number of amides is 1. The third-order valence-corrected chi connectivity index (χ3v) is 12.5. The molecular formula is C31H49NO15Si. The summed E-state index contributed by atoms with van der Waals surface area (Å²) in [5.41, 5.74) is 0. The van der Waals surface area contributed by atoms with Gasteiger partial charge in [0, 0.05) is 34.6 Å². The molecule has 0 aromatic rings. The molecule has 2 saturated heterocycles. The van der Waals surface area contributed by atoms with Crippen molar-refractivity contribution < 1.29 is 71.4 Å². The predicted molar refractivity (Wildman–Crippen MR) is 167 cm³/mol. The highest BCUT2D eigenvalue weighted by Gasteiger charge is 2.56. The topological polar surface area (TPSA) is 201 Å². The highest BCUT2D eigenvalue weighted by atomic mass is 28.4. The van der Waals surface area contributed by atoms with E-state index in [-0.39, 0.29) is 18.3 Å². The molecule has 2 N–H and O–H groups in total. The predicted octanol–water partition coefficient (Wildman–Crippen LogP) is 0.717. The SMILES string of the molecule is C#CCO[C@@H]1O[C@H](CO[Si](C)(C)C(C)(C)C)[C@@H](O[C@@H]2O[C@H](COC(C)=O)[C@H](OC(C)=O)[C@H](OC(C)=O)[C@H]2OC(C)=O)[C@H](O)[C@H]1NC(C)=O. The fourth-order valence-corrected chi connectivity index (χ4v) is 5.86. The molecule has 2 fully saturated rings. The zero-order valence-corrected chi connectivity index (χ0v) is 30.1. The van der Waals surface area contributed by atoms with Gasteiger partial charge in [0.15, 0.2) is 39.2 Å². The van der Waals surface area contributed by atoms with Gasteiger partial charge in [0.05, 0.1) is 6.61 Å². The number of carbonyl (C=O) groups is 5. The molecule has 2 rings (SSSR count). The number of hydrogen-bond donors (Lipinski definition) is 2. The van der Waals surface area contributed by atoms with Crippen molar-refractivity contribution in [3.05, 3.63) is 0 Å². The molecular weight excluding hydrogens is 654 g/mol. The van der Waals surface area contributed by atoms with E-state index in [9.17, 15) is 29.1 Å². The molecule has 0 aromatic heterocycles. The first-order valence-electron chi connectivity index (χ1n) is 15.4. The summed E-state index contributed by atoms with van der Waals surface area (Å²) in [4.78, 5) is 60.6. The smallest absolute Gasteiger partial charge is 0.303 e. The minimum absolute atomic E-state index is 0.119. The lowest BCUT2D eigenvalue weighted by atomic mass is 9.95. The first kappa shape index (κ1) is 41.1. The van der Waals surface area contributed by atoms with E-state index in [2.05, 4.69) is 11.2 Å². The van der Waals surface area contributed by atoms with E-state index in [1.807, 2.05) is 33.9 Å². The highest BCUT2D eigenvalue weighted by Crippen LogP contribution is 2.38. The van der Waals surface area contributed by atoms with E-state index in [0.717, 1.165) is 27.7 Å². The first-order chi connectivity index (χ1) is 22.2. The molecule has 2 aliphatic heterocycles. The number of terminal acetylenes is 1. The van der Waals surface area contributed by atoms with Gasteiger partial charge in [-0.05, 0) is 18.1 Å². The second-order valence-electron chi connectivity index (χ2n) is 13.0.